The summed E-state index contributed by atoms with van der Waals surface area (Å²) in [5.74, 6) is 0.442. The van der Waals surface area contributed by atoms with Crippen LogP contribution in [0.4, 0.5) is 0 Å². The molecule has 1 N–H and O–H groups in total. The number of oxazole rings is 1. The van der Waals surface area contributed by atoms with Gasteiger partial charge in [0, 0.05) is 32.7 Å². The van der Waals surface area contributed by atoms with Crippen LogP contribution in [-0.2, 0) is 19.5 Å². The molecule has 0 spiro atoms. The van der Waals surface area contributed by atoms with Gasteiger partial charge in [-0.25, -0.2) is 4.98 Å². The van der Waals surface area contributed by atoms with E-state index in [4.69, 9.17) is 4.42 Å². The first-order chi connectivity index (χ1) is 15.2. The Morgan fingerprint density at radius 1 is 0.968 bits per heavy atom. The number of hydrogen-bond acceptors (Lipinski definition) is 5. The molecule has 3 aromatic rings. The highest BCUT2D eigenvalue weighted by atomic mass is 16.3. The maximum atomic E-state index is 12.7. The lowest BCUT2D eigenvalue weighted by Gasteiger charge is -2.34. The largest absolute Gasteiger partial charge is 0.447 e. The van der Waals surface area contributed by atoms with E-state index in [-0.39, 0.29) is 11.9 Å². The van der Waals surface area contributed by atoms with Crippen molar-refractivity contribution >= 4 is 5.91 Å². The van der Waals surface area contributed by atoms with Gasteiger partial charge in [0.25, 0.3) is 5.91 Å². The predicted octanol–water partition coefficient (Wildman–Crippen LogP) is 3.41. The molecule has 1 atom stereocenters. The third kappa shape index (κ3) is 4.70. The van der Waals surface area contributed by atoms with Crippen molar-refractivity contribution in [3.8, 4) is 0 Å². The Labute approximate surface area is 182 Å². The summed E-state index contributed by atoms with van der Waals surface area (Å²) >= 11 is 0. The second-order valence-electron chi connectivity index (χ2n) is 8.43. The third-order valence-electron chi connectivity index (χ3n) is 6.30. The van der Waals surface area contributed by atoms with Crippen LogP contribution in [0.25, 0.3) is 0 Å². The molecule has 1 aliphatic carbocycles. The van der Waals surface area contributed by atoms with Gasteiger partial charge in [-0.2, -0.15) is 0 Å². The zero-order chi connectivity index (χ0) is 21.0. The van der Waals surface area contributed by atoms with Crippen LogP contribution in [0.5, 0.6) is 0 Å². The molecule has 31 heavy (non-hydrogen) atoms. The van der Waals surface area contributed by atoms with Crippen molar-refractivity contribution in [2.24, 2.45) is 0 Å². The molecule has 160 valence electrons. The first-order valence-corrected chi connectivity index (χ1v) is 11.1. The molecule has 1 saturated heterocycles. The Kier molecular flexibility index (Phi) is 5.82. The number of aromatic nitrogens is 1. The fourth-order valence-electron chi connectivity index (χ4n) is 4.57. The Morgan fingerprint density at radius 2 is 1.68 bits per heavy atom. The predicted molar refractivity (Wildman–Crippen MR) is 118 cm³/mol. The van der Waals surface area contributed by atoms with Gasteiger partial charge in [-0.1, -0.05) is 54.6 Å². The molecular formula is C25H28N4O2. The minimum Gasteiger partial charge on any atom is -0.447 e. The number of fused-ring (bicyclic) bond motifs is 1. The van der Waals surface area contributed by atoms with Gasteiger partial charge in [0.15, 0.2) is 5.69 Å². The number of carbonyl (C=O) groups excluding carboxylic acids is 1. The lowest BCUT2D eigenvalue weighted by atomic mass is 10.1. The number of piperazine rings is 1. The molecule has 1 amide bonds. The zero-order valence-electron chi connectivity index (χ0n) is 17.7. The van der Waals surface area contributed by atoms with Gasteiger partial charge < -0.3 is 9.73 Å². The molecule has 2 heterocycles. The van der Waals surface area contributed by atoms with Crippen LogP contribution in [0.15, 0.2) is 65.3 Å². The molecular weight excluding hydrogens is 388 g/mol. The monoisotopic (exact) mass is 416 g/mol. The summed E-state index contributed by atoms with van der Waals surface area (Å²) in [6.45, 7) is 5.60. The molecule has 2 aliphatic rings. The minimum atomic E-state index is -0.163. The van der Waals surface area contributed by atoms with Gasteiger partial charge in [0.1, 0.15) is 6.26 Å². The highest BCUT2D eigenvalue weighted by molar-refractivity contribution is 5.92. The number of aryl methyl sites for hydroxylation is 1. The molecule has 0 radical (unpaired) electrons. The summed E-state index contributed by atoms with van der Waals surface area (Å²) in [6.07, 6.45) is 3.42. The maximum Gasteiger partial charge on any atom is 0.273 e. The highest BCUT2D eigenvalue weighted by Gasteiger charge is 2.25. The second-order valence-corrected chi connectivity index (χ2v) is 8.43. The van der Waals surface area contributed by atoms with Crippen LogP contribution in [-0.4, -0.2) is 46.9 Å². The minimum absolute atomic E-state index is 0.0570. The first-order valence-electron chi connectivity index (χ1n) is 11.1. The summed E-state index contributed by atoms with van der Waals surface area (Å²) in [4.78, 5) is 21.9. The average molecular weight is 417 g/mol. The van der Waals surface area contributed by atoms with E-state index >= 15 is 0 Å². The van der Waals surface area contributed by atoms with Crippen molar-refractivity contribution in [1.29, 1.82) is 0 Å². The number of benzene rings is 2. The Balaban J connectivity index is 1.12. The van der Waals surface area contributed by atoms with Crippen molar-refractivity contribution in [2.75, 3.05) is 26.2 Å². The molecule has 6 heteroatoms. The van der Waals surface area contributed by atoms with Crippen molar-refractivity contribution in [3.63, 3.8) is 0 Å². The molecule has 1 aliphatic heterocycles. The van der Waals surface area contributed by atoms with Gasteiger partial charge in [0.2, 0.25) is 5.89 Å². The SMILES string of the molecule is O=C(NC1CCc2ccccc21)c1coc(CN2CCN(Cc3ccccc3)CC2)n1. The third-order valence-corrected chi connectivity index (χ3v) is 6.30. The summed E-state index contributed by atoms with van der Waals surface area (Å²) in [5, 5.41) is 3.12. The fraction of sp³-hybridized carbons (Fsp3) is 0.360. The van der Waals surface area contributed by atoms with E-state index in [9.17, 15) is 4.79 Å². The van der Waals surface area contributed by atoms with E-state index in [0.29, 0.717) is 18.1 Å². The highest BCUT2D eigenvalue weighted by Crippen LogP contribution is 2.30. The van der Waals surface area contributed by atoms with Crippen LogP contribution in [0.1, 0.15) is 45.5 Å². The van der Waals surface area contributed by atoms with Gasteiger partial charge >= 0.3 is 0 Å². The maximum absolute atomic E-state index is 12.7. The van der Waals surface area contributed by atoms with E-state index in [1.165, 1.54) is 23.0 Å². The standard InChI is InChI=1S/C25H28N4O2/c30-25(27-22-11-10-20-8-4-5-9-21(20)22)23-18-31-24(26-23)17-29-14-12-28(13-15-29)16-19-6-2-1-3-7-19/h1-9,18,22H,10-17H2,(H,27,30). The lowest BCUT2D eigenvalue weighted by Crippen LogP contribution is -2.45. The van der Waals surface area contributed by atoms with Crippen molar-refractivity contribution in [3.05, 3.63) is 89.1 Å². The number of hydrogen-bond donors (Lipinski definition) is 1. The van der Waals surface area contributed by atoms with Crippen molar-refractivity contribution in [2.45, 2.75) is 32.0 Å². The summed E-state index contributed by atoms with van der Waals surface area (Å²) in [7, 11) is 0. The van der Waals surface area contributed by atoms with Crippen LogP contribution in [0.2, 0.25) is 0 Å². The van der Waals surface area contributed by atoms with Crippen LogP contribution >= 0.6 is 0 Å². The normalized spacial score (nSPS) is 19.3. The zero-order valence-corrected chi connectivity index (χ0v) is 17.7. The van der Waals surface area contributed by atoms with E-state index < -0.39 is 0 Å². The topological polar surface area (TPSA) is 61.6 Å². The Morgan fingerprint density at radius 3 is 2.48 bits per heavy atom. The van der Waals surface area contributed by atoms with E-state index in [1.54, 1.807) is 0 Å². The average Bonchev–Trinajstić information content (AvgIpc) is 3.43. The van der Waals surface area contributed by atoms with E-state index in [0.717, 1.165) is 45.6 Å². The molecule has 2 aromatic carbocycles. The molecule has 0 saturated carbocycles. The van der Waals surface area contributed by atoms with Gasteiger partial charge in [0.05, 0.1) is 12.6 Å². The number of amides is 1. The number of nitrogens with zero attached hydrogens (tertiary/aromatic N) is 3. The molecule has 0 bridgehead atoms. The van der Waals surface area contributed by atoms with Crippen LogP contribution in [0, 0.1) is 0 Å². The Bertz CT molecular complexity index is 1020. The quantitative estimate of drug-likeness (QED) is 0.667. The lowest BCUT2D eigenvalue weighted by molar-refractivity contribution is 0.0931. The number of nitrogens with one attached hydrogen (secondary N) is 1. The van der Waals surface area contributed by atoms with Gasteiger partial charge in [-0.3, -0.25) is 14.6 Å². The first kappa shape index (κ1) is 20.0. The van der Waals surface area contributed by atoms with E-state index in [2.05, 4.69) is 68.6 Å². The van der Waals surface area contributed by atoms with E-state index in [1.807, 2.05) is 6.07 Å². The fourth-order valence-corrected chi connectivity index (χ4v) is 4.57. The van der Waals surface area contributed by atoms with Gasteiger partial charge in [-0.05, 0) is 29.5 Å². The van der Waals surface area contributed by atoms with Gasteiger partial charge in [-0.15, -0.1) is 0 Å². The summed E-state index contributed by atoms with van der Waals surface area (Å²) in [5.41, 5.74) is 4.25. The number of carbonyl (C=O) groups is 1. The summed E-state index contributed by atoms with van der Waals surface area (Å²) in [6, 6.07) is 19.0. The number of rotatable bonds is 6. The Hall–Kier alpha value is -2.96. The smallest absolute Gasteiger partial charge is 0.273 e. The molecule has 1 unspecified atom stereocenters. The second kappa shape index (κ2) is 9.04. The van der Waals surface area contributed by atoms with Crippen molar-refractivity contribution < 1.29 is 9.21 Å². The molecule has 6 nitrogen and oxygen atoms in total. The molecule has 5 rings (SSSR count). The van der Waals surface area contributed by atoms with Crippen LogP contribution < -0.4 is 5.32 Å². The molecule has 1 fully saturated rings. The summed E-state index contributed by atoms with van der Waals surface area (Å²) < 4.78 is 5.62. The molecule has 1 aromatic heterocycles. The van der Waals surface area contributed by atoms with Crippen molar-refractivity contribution in [1.82, 2.24) is 20.1 Å². The van der Waals surface area contributed by atoms with Crippen LogP contribution in [0.3, 0.4) is 0 Å².